The second-order valence-corrected chi connectivity index (χ2v) is 5.84. The molecule has 1 aliphatic rings. The van der Waals surface area contributed by atoms with Crippen LogP contribution in [-0.2, 0) is 0 Å². The summed E-state index contributed by atoms with van der Waals surface area (Å²) in [6.07, 6.45) is 5.17. The van der Waals surface area contributed by atoms with E-state index in [1.807, 2.05) is 6.92 Å². The van der Waals surface area contributed by atoms with Crippen molar-refractivity contribution in [2.75, 3.05) is 7.11 Å². The molecule has 0 saturated heterocycles. The molecule has 1 N–H and O–H groups in total. The molecule has 0 saturated carbocycles. The SMILES string of the molecule is COc1ccc(Br)c(/C=N/NC2=CCC(C)C=C2F)c1[N+](=O)[O-]. The van der Waals surface area contributed by atoms with Crippen LogP contribution in [0.5, 0.6) is 5.75 Å². The van der Waals surface area contributed by atoms with Gasteiger partial charge in [0.2, 0.25) is 0 Å². The summed E-state index contributed by atoms with van der Waals surface area (Å²) in [6.45, 7) is 1.91. The number of nitro groups is 1. The largest absolute Gasteiger partial charge is 0.490 e. The van der Waals surface area contributed by atoms with Crippen molar-refractivity contribution in [2.45, 2.75) is 13.3 Å². The summed E-state index contributed by atoms with van der Waals surface area (Å²) in [5.74, 6) is -0.130. The van der Waals surface area contributed by atoms with Crippen LogP contribution in [0.2, 0.25) is 0 Å². The molecule has 0 spiro atoms. The second kappa shape index (κ2) is 7.36. The third-order valence-electron chi connectivity index (χ3n) is 3.29. The van der Waals surface area contributed by atoms with Crippen LogP contribution in [0.3, 0.4) is 0 Å². The van der Waals surface area contributed by atoms with Crippen molar-refractivity contribution in [3.05, 3.63) is 56.0 Å². The van der Waals surface area contributed by atoms with Gasteiger partial charge in [0.25, 0.3) is 0 Å². The molecule has 1 aromatic rings. The highest BCUT2D eigenvalue weighted by Crippen LogP contribution is 2.34. The van der Waals surface area contributed by atoms with E-state index in [-0.39, 0.29) is 34.4 Å². The van der Waals surface area contributed by atoms with Crippen molar-refractivity contribution >= 4 is 27.8 Å². The lowest BCUT2D eigenvalue weighted by Gasteiger charge is -2.13. The van der Waals surface area contributed by atoms with Crippen LogP contribution in [0.1, 0.15) is 18.9 Å². The van der Waals surface area contributed by atoms with Crippen LogP contribution in [-0.4, -0.2) is 18.2 Å². The number of halogens is 2. The van der Waals surface area contributed by atoms with Crippen molar-refractivity contribution < 1.29 is 14.1 Å². The summed E-state index contributed by atoms with van der Waals surface area (Å²) in [7, 11) is 1.35. The maximum Gasteiger partial charge on any atom is 0.320 e. The molecule has 6 nitrogen and oxygen atoms in total. The predicted octanol–water partition coefficient (Wildman–Crippen LogP) is 4.07. The van der Waals surface area contributed by atoms with Crippen molar-refractivity contribution in [3.63, 3.8) is 0 Å². The van der Waals surface area contributed by atoms with Gasteiger partial charge in [-0.2, -0.15) is 5.10 Å². The first-order valence-electron chi connectivity index (χ1n) is 6.81. The first-order chi connectivity index (χ1) is 10.9. The number of rotatable bonds is 5. The Labute approximate surface area is 141 Å². The number of nitro benzene ring substituents is 1. The zero-order valence-corrected chi connectivity index (χ0v) is 14.1. The number of hydrogen-bond acceptors (Lipinski definition) is 5. The summed E-state index contributed by atoms with van der Waals surface area (Å²) >= 11 is 3.25. The van der Waals surface area contributed by atoms with Gasteiger partial charge >= 0.3 is 5.69 Å². The van der Waals surface area contributed by atoms with E-state index in [9.17, 15) is 14.5 Å². The fourth-order valence-corrected chi connectivity index (χ4v) is 2.54. The van der Waals surface area contributed by atoms with Crippen LogP contribution in [0.4, 0.5) is 10.1 Å². The third kappa shape index (κ3) is 3.95. The molecule has 1 aromatic carbocycles. The average Bonchev–Trinajstić information content (AvgIpc) is 2.50. The molecule has 1 unspecified atom stereocenters. The number of methoxy groups -OCH3 is 1. The Balaban J connectivity index is 2.26. The van der Waals surface area contributed by atoms with E-state index in [0.717, 1.165) is 0 Å². The van der Waals surface area contributed by atoms with Gasteiger partial charge in [-0.3, -0.25) is 15.5 Å². The molecule has 0 aliphatic heterocycles. The van der Waals surface area contributed by atoms with Crippen LogP contribution in [0.25, 0.3) is 0 Å². The maximum absolute atomic E-state index is 13.7. The normalized spacial score (nSPS) is 17.7. The molecular formula is C15H15BrFN3O3. The molecule has 8 heteroatoms. The molecule has 2 rings (SSSR count). The average molecular weight is 384 g/mol. The minimum Gasteiger partial charge on any atom is -0.490 e. The topological polar surface area (TPSA) is 76.8 Å². The highest BCUT2D eigenvalue weighted by atomic mass is 79.9. The third-order valence-corrected chi connectivity index (χ3v) is 3.98. The predicted molar refractivity (Wildman–Crippen MR) is 89.1 cm³/mol. The van der Waals surface area contributed by atoms with Gasteiger partial charge in [-0.05, 0) is 46.5 Å². The fraction of sp³-hybridized carbons (Fsp3) is 0.267. The van der Waals surface area contributed by atoms with Gasteiger partial charge in [-0.1, -0.05) is 13.0 Å². The van der Waals surface area contributed by atoms with Crippen LogP contribution >= 0.6 is 15.9 Å². The van der Waals surface area contributed by atoms with E-state index >= 15 is 0 Å². The number of allylic oxidation sites excluding steroid dienone is 3. The zero-order valence-electron chi connectivity index (χ0n) is 12.5. The van der Waals surface area contributed by atoms with Crippen LogP contribution < -0.4 is 10.2 Å². The quantitative estimate of drug-likeness (QED) is 0.472. The summed E-state index contributed by atoms with van der Waals surface area (Å²) in [6, 6.07) is 3.11. The van der Waals surface area contributed by atoms with E-state index in [0.29, 0.717) is 10.9 Å². The van der Waals surface area contributed by atoms with Gasteiger partial charge in [0, 0.05) is 4.47 Å². The molecule has 0 bridgehead atoms. The highest BCUT2D eigenvalue weighted by Gasteiger charge is 2.22. The first kappa shape index (κ1) is 17.1. The molecule has 0 amide bonds. The Morgan fingerprint density at radius 3 is 2.91 bits per heavy atom. The van der Waals surface area contributed by atoms with Crippen molar-refractivity contribution in [3.8, 4) is 5.75 Å². The van der Waals surface area contributed by atoms with Gasteiger partial charge in [0.1, 0.15) is 5.83 Å². The molecule has 122 valence electrons. The van der Waals surface area contributed by atoms with Crippen LogP contribution in [0, 0.1) is 16.0 Å². The molecule has 0 fully saturated rings. The smallest absolute Gasteiger partial charge is 0.320 e. The van der Waals surface area contributed by atoms with E-state index in [1.54, 1.807) is 12.1 Å². The van der Waals surface area contributed by atoms with Gasteiger partial charge in [-0.25, -0.2) is 4.39 Å². The van der Waals surface area contributed by atoms with Crippen molar-refractivity contribution in [1.29, 1.82) is 0 Å². The summed E-state index contributed by atoms with van der Waals surface area (Å²) in [5, 5.41) is 15.2. The lowest BCUT2D eigenvalue weighted by atomic mass is 10.0. The van der Waals surface area contributed by atoms with E-state index < -0.39 is 4.92 Å². The van der Waals surface area contributed by atoms with Crippen molar-refractivity contribution in [2.24, 2.45) is 11.0 Å². The van der Waals surface area contributed by atoms with Gasteiger partial charge < -0.3 is 4.74 Å². The summed E-state index contributed by atoms with van der Waals surface area (Å²) in [4.78, 5) is 10.7. The molecule has 1 aliphatic carbocycles. The number of hydrogen-bond donors (Lipinski definition) is 1. The number of nitrogens with one attached hydrogen (secondary N) is 1. The zero-order chi connectivity index (χ0) is 17.0. The minimum absolute atomic E-state index is 0.122. The number of ether oxygens (including phenoxy) is 1. The Hall–Kier alpha value is -2.22. The van der Waals surface area contributed by atoms with E-state index in [4.69, 9.17) is 4.74 Å². The van der Waals surface area contributed by atoms with E-state index in [2.05, 4.69) is 26.5 Å². The lowest BCUT2D eigenvalue weighted by Crippen LogP contribution is -2.11. The van der Waals surface area contributed by atoms with Gasteiger partial charge in [0.15, 0.2) is 5.75 Å². The Morgan fingerprint density at radius 2 is 2.30 bits per heavy atom. The fourth-order valence-electron chi connectivity index (χ4n) is 2.11. The standard InChI is InChI=1S/C15H15BrFN3O3/c1-9-3-5-13(12(17)7-9)19-18-8-10-11(16)4-6-14(23-2)15(10)20(21)22/h4-9,19H,3H2,1-2H3/b18-8+. The first-order valence-corrected chi connectivity index (χ1v) is 7.61. The monoisotopic (exact) mass is 383 g/mol. The molecule has 1 atom stereocenters. The summed E-state index contributed by atoms with van der Waals surface area (Å²) < 4.78 is 19.2. The second-order valence-electron chi connectivity index (χ2n) is 4.98. The Morgan fingerprint density at radius 1 is 1.57 bits per heavy atom. The van der Waals surface area contributed by atoms with Gasteiger partial charge in [-0.15, -0.1) is 0 Å². The highest BCUT2D eigenvalue weighted by molar-refractivity contribution is 9.10. The Kier molecular flexibility index (Phi) is 5.49. The van der Waals surface area contributed by atoms with E-state index in [1.165, 1.54) is 25.5 Å². The summed E-state index contributed by atoms with van der Waals surface area (Å²) in [5.41, 5.74) is 2.84. The molecule has 0 radical (unpaired) electrons. The molecule has 0 aromatic heterocycles. The molecular weight excluding hydrogens is 369 g/mol. The van der Waals surface area contributed by atoms with Crippen molar-refractivity contribution in [1.82, 2.24) is 5.43 Å². The Bertz CT molecular complexity index is 716. The number of nitrogens with zero attached hydrogens (tertiary/aromatic N) is 2. The number of benzene rings is 1. The maximum atomic E-state index is 13.7. The lowest BCUT2D eigenvalue weighted by molar-refractivity contribution is -0.385. The van der Waals surface area contributed by atoms with Gasteiger partial charge in [0.05, 0.1) is 29.5 Å². The molecule has 0 heterocycles. The minimum atomic E-state index is -0.549. The number of hydrazone groups is 1. The molecule has 23 heavy (non-hydrogen) atoms. The van der Waals surface area contributed by atoms with Crippen LogP contribution in [0.15, 0.2) is 45.4 Å².